The minimum absolute atomic E-state index is 0.0539. The van der Waals surface area contributed by atoms with E-state index in [0.29, 0.717) is 6.61 Å². The lowest BCUT2D eigenvalue weighted by atomic mass is 9.94. The van der Waals surface area contributed by atoms with E-state index in [1.807, 2.05) is 38.4 Å². The van der Waals surface area contributed by atoms with Crippen LogP contribution in [0.15, 0.2) is 48.9 Å². The SMILES string of the molecule is C=C(O)C(C(CCOC)N(C)/C=C\C)N1BN(C)c2ccccc21. The molecule has 0 saturated heterocycles. The monoisotopic (exact) mass is 329 g/mol. The first-order valence-electron chi connectivity index (χ1n) is 8.29. The summed E-state index contributed by atoms with van der Waals surface area (Å²) in [4.78, 5) is 6.54. The molecule has 130 valence electrons. The lowest BCUT2D eigenvalue weighted by molar-refractivity contribution is 0.151. The van der Waals surface area contributed by atoms with E-state index >= 15 is 0 Å². The molecule has 1 aromatic rings. The molecule has 1 N–H and O–H groups in total. The number of allylic oxidation sites excluding steroid dienone is 1. The lowest BCUT2D eigenvalue weighted by Gasteiger charge is -2.39. The Morgan fingerprint density at radius 3 is 2.67 bits per heavy atom. The van der Waals surface area contributed by atoms with Crippen LogP contribution in [0.4, 0.5) is 11.4 Å². The Labute approximate surface area is 146 Å². The number of anilines is 2. The van der Waals surface area contributed by atoms with Crippen LogP contribution in [0.25, 0.3) is 0 Å². The number of aliphatic hydroxyl groups excluding tert-OH is 1. The zero-order chi connectivity index (χ0) is 17.7. The summed E-state index contributed by atoms with van der Waals surface area (Å²) < 4.78 is 5.29. The second-order valence-corrected chi connectivity index (χ2v) is 6.23. The maximum Gasteiger partial charge on any atom is 0.357 e. The van der Waals surface area contributed by atoms with Gasteiger partial charge in [-0.3, -0.25) is 0 Å². The summed E-state index contributed by atoms with van der Waals surface area (Å²) in [5.41, 5.74) is 2.29. The van der Waals surface area contributed by atoms with Gasteiger partial charge in [-0.15, -0.1) is 0 Å². The molecule has 0 fully saturated rings. The van der Waals surface area contributed by atoms with Crippen molar-refractivity contribution in [2.75, 3.05) is 37.4 Å². The quantitative estimate of drug-likeness (QED) is 0.586. The molecule has 0 saturated carbocycles. The van der Waals surface area contributed by atoms with Crippen molar-refractivity contribution in [2.45, 2.75) is 25.4 Å². The van der Waals surface area contributed by atoms with E-state index < -0.39 is 0 Å². The Balaban J connectivity index is 2.38. The van der Waals surface area contributed by atoms with E-state index in [4.69, 9.17) is 4.74 Å². The number of aliphatic hydroxyl groups is 1. The Bertz CT molecular complexity index is 593. The van der Waals surface area contributed by atoms with Gasteiger partial charge in [-0.05, 0) is 38.7 Å². The first-order valence-corrected chi connectivity index (χ1v) is 8.29. The average molecular weight is 329 g/mol. The van der Waals surface area contributed by atoms with Crippen molar-refractivity contribution in [1.29, 1.82) is 0 Å². The number of ether oxygens (including phenoxy) is 1. The second-order valence-electron chi connectivity index (χ2n) is 6.23. The molecule has 0 amide bonds. The topological polar surface area (TPSA) is 39.2 Å². The van der Waals surface area contributed by atoms with Gasteiger partial charge >= 0.3 is 7.55 Å². The Hall–Kier alpha value is -2.08. The van der Waals surface area contributed by atoms with Crippen molar-refractivity contribution >= 4 is 18.9 Å². The lowest BCUT2D eigenvalue weighted by Crippen LogP contribution is -2.53. The number of methoxy groups -OCH3 is 1. The van der Waals surface area contributed by atoms with Crippen LogP contribution < -0.4 is 9.62 Å². The normalized spacial score (nSPS) is 16.0. The molecule has 6 heteroatoms. The Morgan fingerprint density at radius 2 is 2.08 bits per heavy atom. The van der Waals surface area contributed by atoms with Crippen LogP contribution in [0.3, 0.4) is 0 Å². The van der Waals surface area contributed by atoms with Gasteiger partial charge in [-0.1, -0.05) is 24.8 Å². The van der Waals surface area contributed by atoms with Gasteiger partial charge in [0.1, 0.15) is 5.76 Å². The summed E-state index contributed by atoms with van der Waals surface area (Å²) >= 11 is 0. The van der Waals surface area contributed by atoms with Crippen LogP contribution in [0, 0.1) is 0 Å². The van der Waals surface area contributed by atoms with Crippen LogP contribution in [0.2, 0.25) is 0 Å². The van der Waals surface area contributed by atoms with Gasteiger partial charge in [-0.2, -0.15) is 0 Å². The molecule has 1 heterocycles. The van der Waals surface area contributed by atoms with Crippen molar-refractivity contribution in [2.24, 2.45) is 0 Å². The largest absolute Gasteiger partial charge is 0.511 e. The molecule has 24 heavy (non-hydrogen) atoms. The summed E-state index contributed by atoms with van der Waals surface area (Å²) in [6, 6.07) is 8.10. The molecule has 0 aromatic heterocycles. The van der Waals surface area contributed by atoms with Crippen molar-refractivity contribution < 1.29 is 9.84 Å². The van der Waals surface area contributed by atoms with Crippen molar-refractivity contribution in [3.05, 3.63) is 48.9 Å². The molecule has 0 spiro atoms. The van der Waals surface area contributed by atoms with E-state index in [2.05, 4.69) is 40.3 Å². The standard InChI is InChI=1S/C18H28BN3O2/c1-6-12-20(3)17(11-13-24-5)18(14(2)23)22-16-10-8-7-9-15(16)21(4)19-22/h6-10,12,17-19,23H,2,11,13H2,1,3-5H3/b12-6-. The predicted octanol–water partition coefficient (Wildman–Crippen LogP) is 2.52. The number of rotatable bonds is 8. The summed E-state index contributed by atoms with van der Waals surface area (Å²) in [5.74, 6) is 0.178. The highest BCUT2D eigenvalue weighted by Gasteiger charge is 2.37. The number of fused-ring (bicyclic) bond motifs is 1. The maximum absolute atomic E-state index is 10.4. The summed E-state index contributed by atoms with van der Waals surface area (Å²) in [6.07, 6.45) is 4.83. The Kier molecular flexibility index (Phi) is 6.20. The average Bonchev–Trinajstić information content (AvgIpc) is 2.88. The van der Waals surface area contributed by atoms with Gasteiger partial charge in [0.2, 0.25) is 0 Å². The maximum atomic E-state index is 10.4. The third kappa shape index (κ3) is 3.70. The zero-order valence-corrected chi connectivity index (χ0v) is 15.1. The van der Waals surface area contributed by atoms with E-state index in [-0.39, 0.29) is 17.8 Å². The fraction of sp³-hybridized carbons (Fsp3) is 0.444. The highest BCUT2D eigenvalue weighted by atomic mass is 16.5. The van der Waals surface area contributed by atoms with E-state index in [1.165, 1.54) is 5.69 Å². The minimum Gasteiger partial charge on any atom is -0.511 e. The van der Waals surface area contributed by atoms with Gasteiger partial charge < -0.3 is 24.4 Å². The smallest absolute Gasteiger partial charge is 0.357 e. The summed E-state index contributed by atoms with van der Waals surface area (Å²) in [7, 11) is 6.52. The van der Waals surface area contributed by atoms with Crippen molar-refractivity contribution in [3.8, 4) is 0 Å². The molecule has 1 aromatic carbocycles. The number of benzene rings is 1. The Morgan fingerprint density at radius 1 is 1.42 bits per heavy atom. The van der Waals surface area contributed by atoms with Crippen molar-refractivity contribution in [1.82, 2.24) is 4.90 Å². The van der Waals surface area contributed by atoms with Crippen LogP contribution in [-0.4, -0.2) is 57.5 Å². The second kappa shape index (κ2) is 8.15. The van der Waals surface area contributed by atoms with E-state index in [0.717, 1.165) is 19.7 Å². The number of likely N-dealkylation sites (N-methyl/N-ethyl adjacent to an activating group) is 1. The molecular weight excluding hydrogens is 301 g/mol. The van der Waals surface area contributed by atoms with E-state index in [1.54, 1.807) is 7.11 Å². The molecular formula is C18H28BN3O2. The van der Waals surface area contributed by atoms with Crippen molar-refractivity contribution in [3.63, 3.8) is 0 Å². The molecule has 1 aliphatic heterocycles. The molecule has 2 rings (SSSR count). The van der Waals surface area contributed by atoms with Gasteiger partial charge in [0.25, 0.3) is 0 Å². The first-order chi connectivity index (χ1) is 11.5. The summed E-state index contributed by atoms with van der Waals surface area (Å²) in [6.45, 7) is 6.49. The van der Waals surface area contributed by atoms with Gasteiger partial charge in [0, 0.05) is 32.1 Å². The highest BCUT2D eigenvalue weighted by Crippen LogP contribution is 2.37. The van der Waals surface area contributed by atoms with Gasteiger partial charge in [0.15, 0.2) is 0 Å². The van der Waals surface area contributed by atoms with Gasteiger partial charge in [0.05, 0.1) is 12.1 Å². The molecule has 0 bridgehead atoms. The van der Waals surface area contributed by atoms with Crippen LogP contribution >= 0.6 is 0 Å². The van der Waals surface area contributed by atoms with Crippen LogP contribution in [-0.2, 0) is 4.74 Å². The predicted molar refractivity (Wildman–Crippen MR) is 103 cm³/mol. The number of hydrogen-bond donors (Lipinski definition) is 1. The third-order valence-corrected chi connectivity index (χ3v) is 4.53. The third-order valence-electron chi connectivity index (χ3n) is 4.53. The van der Waals surface area contributed by atoms with Crippen LogP contribution in [0.1, 0.15) is 13.3 Å². The highest BCUT2D eigenvalue weighted by molar-refractivity contribution is 6.51. The first kappa shape index (κ1) is 18.3. The zero-order valence-electron chi connectivity index (χ0n) is 15.1. The molecule has 2 atom stereocenters. The van der Waals surface area contributed by atoms with Gasteiger partial charge in [-0.25, -0.2) is 0 Å². The number of para-hydroxylation sites is 2. The number of hydrogen-bond acceptors (Lipinski definition) is 5. The van der Waals surface area contributed by atoms with E-state index in [9.17, 15) is 5.11 Å². The molecule has 0 aliphatic carbocycles. The number of nitrogens with zero attached hydrogens (tertiary/aromatic N) is 3. The summed E-state index contributed by atoms with van der Waals surface area (Å²) in [5, 5.41) is 10.4. The molecule has 0 radical (unpaired) electrons. The minimum atomic E-state index is -0.215. The molecule has 5 nitrogen and oxygen atoms in total. The fourth-order valence-electron chi connectivity index (χ4n) is 3.43. The molecule has 2 unspecified atom stereocenters. The fourth-order valence-corrected chi connectivity index (χ4v) is 3.43. The van der Waals surface area contributed by atoms with Crippen LogP contribution in [0.5, 0.6) is 0 Å². The molecule has 1 aliphatic rings.